The molecule has 0 fully saturated rings. The van der Waals surface area contributed by atoms with Gasteiger partial charge in [-0.25, -0.2) is 14.3 Å². The van der Waals surface area contributed by atoms with Crippen LogP contribution in [0.25, 0.3) is 6.08 Å². The van der Waals surface area contributed by atoms with Crippen LogP contribution in [-0.2, 0) is 20.9 Å². The molecule has 2 rings (SSSR count). The van der Waals surface area contributed by atoms with Gasteiger partial charge in [-0.2, -0.15) is 5.10 Å². The Morgan fingerprint density at radius 3 is 2.52 bits per heavy atom. The number of rotatable bonds is 6. The molecule has 3 amide bonds. The van der Waals surface area contributed by atoms with Crippen molar-refractivity contribution >= 4 is 35.6 Å². The van der Waals surface area contributed by atoms with E-state index in [0.717, 1.165) is 17.2 Å². The van der Waals surface area contributed by atoms with E-state index in [1.807, 2.05) is 36.5 Å². The first-order chi connectivity index (χ1) is 13.7. The summed E-state index contributed by atoms with van der Waals surface area (Å²) in [6.07, 6.45) is 1.52. The highest BCUT2D eigenvalue weighted by Crippen LogP contribution is 2.22. The minimum absolute atomic E-state index is 0.387. The second kappa shape index (κ2) is 9.88. The van der Waals surface area contributed by atoms with Gasteiger partial charge in [0.2, 0.25) is 0 Å². The maximum atomic E-state index is 12.0. The molecule has 1 heterocycles. The molecule has 1 aromatic heterocycles. The van der Waals surface area contributed by atoms with Crippen LogP contribution in [0.4, 0.5) is 4.79 Å². The number of amides is 3. The highest BCUT2D eigenvalue weighted by atomic mass is 35.5. The fraction of sp³-hybridized carbons (Fsp3) is 0.300. The first kappa shape index (κ1) is 22.2. The topological polar surface area (TPSA) is 102 Å². The summed E-state index contributed by atoms with van der Waals surface area (Å²) in [7, 11) is 1.37. The van der Waals surface area contributed by atoms with Crippen molar-refractivity contribution in [1.29, 1.82) is 0 Å². The molecule has 0 unspecified atom stereocenters. The van der Waals surface area contributed by atoms with Gasteiger partial charge in [-0.15, -0.1) is 0 Å². The molecule has 9 heteroatoms. The number of nitrogens with zero attached hydrogens (tertiary/aromatic N) is 2. The number of urea groups is 1. The van der Waals surface area contributed by atoms with E-state index >= 15 is 0 Å². The van der Waals surface area contributed by atoms with Crippen LogP contribution in [0.3, 0.4) is 0 Å². The zero-order valence-corrected chi connectivity index (χ0v) is 17.4. The molecule has 0 saturated carbocycles. The van der Waals surface area contributed by atoms with Crippen LogP contribution in [0.5, 0.6) is 0 Å². The van der Waals surface area contributed by atoms with E-state index in [1.54, 1.807) is 11.6 Å². The van der Waals surface area contributed by atoms with Gasteiger partial charge in [-0.3, -0.25) is 10.1 Å². The van der Waals surface area contributed by atoms with Gasteiger partial charge >= 0.3 is 12.0 Å². The van der Waals surface area contributed by atoms with E-state index in [1.165, 1.54) is 20.0 Å². The second-order valence-electron chi connectivity index (χ2n) is 6.41. The number of carbonyl (C=O) groups is 3. The van der Waals surface area contributed by atoms with Crippen LogP contribution in [-0.4, -0.2) is 40.8 Å². The number of aryl methyl sites for hydroxylation is 2. The minimum atomic E-state index is -1.13. The fourth-order valence-corrected chi connectivity index (χ4v) is 2.72. The molecule has 1 atom stereocenters. The Hall–Kier alpha value is -3.13. The number of carbonyl (C=O) groups excluding carboxylic acids is 3. The predicted molar refractivity (Wildman–Crippen MR) is 109 cm³/mol. The molecule has 0 aliphatic carbocycles. The van der Waals surface area contributed by atoms with Gasteiger partial charge in [0.25, 0.3) is 5.91 Å². The number of hydrogen-bond acceptors (Lipinski definition) is 5. The summed E-state index contributed by atoms with van der Waals surface area (Å²) in [4.78, 5) is 34.8. The molecule has 1 aromatic carbocycles. The van der Waals surface area contributed by atoms with Crippen molar-refractivity contribution < 1.29 is 19.1 Å². The quantitative estimate of drug-likeness (QED) is 0.554. The Bertz CT molecular complexity index is 935. The van der Waals surface area contributed by atoms with Crippen molar-refractivity contribution in [3.63, 3.8) is 0 Å². The predicted octanol–water partition coefficient (Wildman–Crippen LogP) is 2.60. The molecular formula is C20H23ClN4O4. The standard InChI is InChI=1S/C20H23ClN4O4/c1-12-5-7-15(8-6-12)11-25-18(21)16(13(2)24-25)9-10-17(26)29-14(3)19(27)23-20(28)22-4/h5-10,14H,11H2,1-4H3,(H2,22,23,27,28)/b10-9+/t14-/m0/s1. The van der Waals surface area contributed by atoms with Gasteiger partial charge in [-0.05, 0) is 32.4 Å². The van der Waals surface area contributed by atoms with Crippen LogP contribution in [0, 0.1) is 13.8 Å². The first-order valence-electron chi connectivity index (χ1n) is 8.91. The molecular weight excluding hydrogens is 396 g/mol. The molecule has 2 aromatic rings. The molecule has 0 radical (unpaired) electrons. The molecule has 0 bridgehead atoms. The number of esters is 1. The number of benzene rings is 1. The molecule has 0 aliphatic heterocycles. The van der Waals surface area contributed by atoms with Gasteiger partial charge in [-0.1, -0.05) is 41.4 Å². The number of hydrogen-bond donors (Lipinski definition) is 2. The van der Waals surface area contributed by atoms with E-state index in [9.17, 15) is 14.4 Å². The van der Waals surface area contributed by atoms with Crippen molar-refractivity contribution in [2.24, 2.45) is 0 Å². The number of ether oxygens (including phenoxy) is 1. The first-order valence-corrected chi connectivity index (χ1v) is 9.28. The molecule has 29 heavy (non-hydrogen) atoms. The SMILES string of the molecule is CNC(=O)NC(=O)[C@H](C)OC(=O)/C=C/c1c(C)nn(Cc2ccc(C)cc2)c1Cl. The summed E-state index contributed by atoms with van der Waals surface area (Å²) in [5.41, 5.74) is 3.44. The summed E-state index contributed by atoms with van der Waals surface area (Å²) >= 11 is 6.41. The molecule has 0 saturated heterocycles. The van der Waals surface area contributed by atoms with E-state index in [-0.39, 0.29) is 0 Å². The lowest BCUT2D eigenvalue weighted by Crippen LogP contribution is -2.43. The van der Waals surface area contributed by atoms with Crippen LogP contribution in [0.15, 0.2) is 30.3 Å². The molecule has 154 valence electrons. The van der Waals surface area contributed by atoms with Gasteiger partial charge in [0.1, 0.15) is 5.15 Å². The lowest BCUT2D eigenvalue weighted by Gasteiger charge is -2.11. The third-order valence-electron chi connectivity index (χ3n) is 4.07. The zero-order chi connectivity index (χ0) is 21.6. The average molecular weight is 419 g/mol. The van der Waals surface area contributed by atoms with Crippen molar-refractivity contribution in [3.05, 3.63) is 57.9 Å². The van der Waals surface area contributed by atoms with Gasteiger partial charge in [0, 0.05) is 18.7 Å². The monoisotopic (exact) mass is 418 g/mol. The van der Waals surface area contributed by atoms with E-state index in [2.05, 4.69) is 10.4 Å². The number of aromatic nitrogens is 2. The van der Waals surface area contributed by atoms with E-state index < -0.39 is 24.0 Å². The highest BCUT2D eigenvalue weighted by molar-refractivity contribution is 6.31. The van der Waals surface area contributed by atoms with Crippen molar-refractivity contribution in [3.8, 4) is 0 Å². The summed E-state index contributed by atoms with van der Waals surface area (Å²) < 4.78 is 6.63. The van der Waals surface area contributed by atoms with Crippen molar-refractivity contribution in [1.82, 2.24) is 20.4 Å². The average Bonchev–Trinajstić information content (AvgIpc) is 2.94. The Balaban J connectivity index is 2.03. The van der Waals surface area contributed by atoms with Gasteiger partial charge in [0.15, 0.2) is 6.10 Å². The number of imide groups is 1. The Morgan fingerprint density at radius 2 is 1.90 bits per heavy atom. The third-order valence-corrected chi connectivity index (χ3v) is 4.47. The van der Waals surface area contributed by atoms with Crippen molar-refractivity contribution in [2.75, 3.05) is 7.05 Å². The maximum Gasteiger partial charge on any atom is 0.331 e. The molecule has 0 aliphatic rings. The van der Waals surface area contributed by atoms with Gasteiger partial charge in [0.05, 0.1) is 12.2 Å². The van der Waals surface area contributed by atoms with Crippen LogP contribution in [0.2, 0.25) is 5.15 Å². The summed E-state index contributed by atoms with van der Waals surface area (Å²) in [6.45, 7) is 5.65. The van der Waals surface area contributed by atoms with Crippen molar-refractivity contribution in [2.45, 2.75) is 33.4 Å². The van der Waals surface area contributed by atoms with Crippen LogP contribution in [0.1, 0.15) is 29.3 Å². The molecule has 8 nitrogen and oxygen atoms in total. The summed E-state index contributed by atoms with van der Waals surface area (Å²) in [6, 6.07) is 7.34. The van der Waals surface area contributed by atoms with Gasteiger partial charge < -0.3 is 10.1 Å². The Morgan fingerprint density at radius 1 is 1.24 bits per heavy atom. The fourth-order valence-electron chi connectivity index (χ4n) is 2.42. The summed E-state index contributed by atoms with van der Waals surface area (Å²) in [5, 5.41) is 9.06. The lowest BCUT2D eigenvalue weighted by atomic mass is 10.1. The minimum Gasteiger partial charge on any atom is -0.449 e. The number of halogens is 1. The van der Waals surface area contributed by atoms with E-state index in [0.29, 0.717) is 23.0 Å². The number of nitrogens with one attached hydrogen (secondary N) is 2. The third kappa shape index (κ3) is 6.18. The second-order valence-corrected chi connectivity index (χ2v) is 6.77. The lowest BCUT2D eigenvalue weighted by molar-refractivity contribution is -0.149. The Kier molecular flexibility index (Phi) is 7.55. The normalized spacial score (nSPS) is 11.9. The maximum absolute atomic E-state index is 12.0. The highest BCUT2D eigenvalue weighted by Gasteiger charge is 2.19. The molecule has 2 N–H and O–H groups in total. The zero-order valence-electron chi connectivity index (χ0n) is 16.7. The molecule has 0 spiro atoms. The van der Waals surface area contributed by atoms with Crippen LogP contribution < -0.4 is 10.6 Å². The van der Waals surface area contributed by atoms with Crippen LogP contribution >= 0.6 is 11.6 Å². The summed E-state index contributed by atoms with van der Waals surface area (Å²) in [5.74, 6) is -1.47. The smallest absolute Gasteiger partial charge is 0.331 e. The Labute approximate surface area is 173 Å². The van der Waals surface area contributed by atoms with E-state index in [4.69, 9.17) is 16.3 Å². The largest absolute Gasteiger partial charge is 0.449 e.